The highest BCUT2D eigenvalue weighted by Gasteiger charge is 2.11. The molecule has 0 fully saturated rings. The van der Waals surface area contributed by atoms with Gasteiger partial charge in [0.05, 0.1) is 6.10 Å². The summed E-state index contributed by atoms with van der Waals surface area (Å²) in [7, 11) is 0. The van der Waals surface area contributed by atoms with Gasteiger partial charge in [-0.3, -0.25) is 0 Å². The molecule has 1 N–H and O–H groups in total. The first-order valence-electron chi connectivity index (χ1n) is 5.08. The third-order valence-electron chi connectivity index (χ3n) is 2.19. The first-order chi connectivity index (χ1) is 8.16. The first-order valence-corrected chi connectivity index (χ1v) is 5.90. The van der Waals surface area contributed by atoms with Crippen LogP contribution in [0.5, 0.6) is 0 Å². The lowest BCUT2D eigenvalue weighted by Gasteiger charge is -2.11. The van der Waals surface area contributed by atoms with Crippen LogP contribution in [0.25, 0.3) is 0 Å². The number of benzene rings is 1. The second kappa shape index (κ2) is 5.25. The summed E-state index contributed by atoms with van der Waals surface area (Å²) in [5.41, 5.74) is 0.564. The standard InChI is InChI=1S/C12H11FN2OS/c1-8(16)10-6-9(13)2-3-11(10)17-12-4-5-14-7-15-12/h2-8,16H,1H3/t8-/m0/s1. The van der Waals surface area contributed by atoms with Gasteiger partial charge in [0, 0.05) is 11.1 Å². The molecule has 1 heterocycles. The molecule has 0 aliphatic rings. The third-order valence-corrected chi connectivity index (χ3v) is 3.23. The fraction of sp³-hybridized carbons (Fsp3) is 0.167. The molecular weight excluding hydrogens is 239 g/mol. The van der Waals surface area contributed by atoms with E-state index in [1.807, 2.05) is 0 Å². The fourth-order valence-electron chi connectivity index (χ4n) is 1.39. The van der Waals surface area contributed by atoms with Gasteiger partial charge < -0.3 is 5.11 Å². The SMILES string of the molecule is C[C@H](O)c1cc(F)ccc1Sc1ccncn1. The lowest BCUT2D eigenvalue weighted by atomic mass is 10.1. The van der Waals surface area contributed by atoms with Gasteiger partial charge in [-0.15, -0.1) is 0 Å². The largest absolute Gasteiger partial charge is 0.389 e. The number of hydrogen-bond donors (Lipinski definition) is 1. The molecule has 17 heavy (non-hydrogen) atoms. The number of aromatic nitrogens is 2. The smallest absolute Gasteiger partial charge is 0.123 e. The monoisotopic (exact) mass is 250 g/mol. The van der Waals surface area contributed by atoms with E-state index < -0.39 is 6.10 Å². The summed E-state index contributed by atoms with van der Waals surface area (Å²) in [5.74, 6) is -0.354. The summed E-state index contributed by atoms with van der Waals surface area (Å²) in [5, 5.41) is 10.4. The van der Waals surface area contributed by atoms with Crippen LogP contribution < -0.4 is 0 Å². The van der Waals surface area contributed by atoms with E-state index in [0.717, 1.165) is 9.92 Å². The molecule has 0 aliphatic heterocycles. The van der Waals surface area contributed by atoms with Crippen molar-refractivity contribution < 1.29 is 9.50 Å². The maximum atomic E-state index is 13.1. The van der Waals surface area contributed by atoms with Gasteiger partial charge in [-0.05, 0) is 36.8 Å². The first kappa shape index (κ1) is 12.0. The van der Waals surface area contributed by atoms with Crippen molar-refractivity contribution in [3.63, 3.8) is 0 Å². The molecule has 0 saturated heterocycles. The summed E-state index contributed by atoms with van der Waals surface area (Å²) in [6, 6.07) is 6.12. The molecule has 5 heteroatoms. The van der Waals surface area contributed by atoms with E-state index >= 15 is 0 Å². The van der Waals surface area contributed by atoms with E-state index in [2.05, 4.69) is 9.97 Å². The maximum Gasteiger partial charge on any atom is 0.123 e. The number of hydrogen-bond acceptors (Lipinski definition) is 4. The van der Waals surface area contributed by atoms with Gasteiger partial charge in [-0.1, -0.05) is 11.8 Å². The summed E-state index contributed by atoms with van der Waals surface area (Å²) in [4.78, 5) is 8.69. The van der Waals surface area contributed by atoms with Crippen molar-refractivity contribution in [1.29, 1.82) is 0 Å². The highest BCUT2D eigenvalue weighted by atomic mass is 32.2. The Kier molecular flexibility index (Phi) is 3.71. The fourth-order valence-corrected chi connectivity index (χ4v) is 2.33. The molecule has 0 saturated carbocycles. The molecular formula is C12H11FN2OS. The minimum absolute atomic E-state index is 0.354. The van der Waals surface area contributed by atoms with Gasteiger partial charge in [0.25, 0.3) is 0 Å². The van der Waals surface area contributed by atoms with E-state index in [4.69, 9.17) is 0 Å². The molecule has 0 amide bonds. The van der Waals surface area contributed by atoms with Crippen molar-refractivity contribution in [2.45, 2.75) is 22.9 Å². The van der Waals surface area contributed by atoms with Crippen molar-refractivity contribution >= 4 is 11.8 Å². The number of aliphatic hydroxyl groups is 1. The maximum absolute atomic E-state index is 13.1. The van der Waals surface area contributed by atoms with Crippen molar-refractivity contribution in [3.05, 3.63) is 48.2 Å². The molecule has 0 unspecified atom stereocenters. The average Bonchev–Trinajstić information content (AvgIpc) is 2.32. The predicted molar refractivity (Wildman–Crippen MR) is 63.2 cm³/mol. The van der Waals surface area contributed by atoms with Crippen LogP contribution >= 0.6 is 11.8 Å². The van der Waals surface area contributed by atoms with Gasteiger partial charge in [-0.2, -0.15) is 0 Å². The molecule has 0 spiro atoms. The van der Waals surface area contributed by atoms with Crippen LogP contribution in [0.2, 0.25) is 0 Å². The summed E-state index contributed by atoms with van der Waals surface area (Å²) >= 11 is 1.37. The normalized spacial score (nSPS) is 12.4. The lowest BCUT2D eigenvalue weighted by molar-refractivity contribution is 0.196. The van der Waals surface area contributed by atoms with E-state index in [1.165, 1.54) is 30.2 Å². The van der Waals surface area contributed by atoms with Gasteiger partial charge in [-0.25, -0.2) is 14.4 Å². The quantitative estimate of drug-likeness (QED) is 0.851. The van der Waals surface area contributed by atoms with E-state index in [9.17, 15) is 9.50 Å². The Bertz CT molecular complexity index is 505. The minimum Gasteiger partial charge on any atom is -0.389 e. The molecule has 0 aliphatic carbocycles. The number of aliphatic hydroxyl groups excluding tert-OH is 1. The van der Waals surface area contributed by atoms with Crippen molar-refractivity contribution in [3.8, 4) is 0 Å². The van der Waals surface area contributed by atoms with E-state index in [-0.39, 0.29) is 5.82 Å². The summed E-state index contributed by atoms with van der Waals surface area (Å²) in [6.07, 6.45) is 2.38. The Morgan fingerprint density at radius 1 is 1.35 bits per heavy atom. The van der Waals surface area contributed by atoms with Crippen molar-refractivity contribution in [2.75, 3.05) is 0 Å². The zero-order chi connectivity index (χ0) is 12.3. The lowest BCUT2D eigenvalue weighted by Crippen LogP contribution is -1.95. The molecule has 1 aromatic heterocycles. The van der Waals surface area contributed by atoms with Crippen LogP contribution in [0.3, 0.4) is 0 Å². The second-order valence-electron chi connectivity index (χ2n) is 3.51. The van der Waals surface area contributed by atoms with Gasteiger partial charge in [0.1, 0.15) is 17.2 Å². The Hall–Kier alpha value is -1.46. The molecule has 88 valence electrons. The molecule has 0 radical (unpaired) electrons. The van der Waals surface area contributed by atoms with E-state index in [1.54, 1.807) is 25.3 Å². The van der Waals surface area contributed by atoms with Crippen molar-refractivity contribution in [1.82, 2.24) is 9.97 Å². The van der Waals surface area contributed by atoms with Crippen LogP contribution in [-0.4, -0.2) is 15.1 Å². The number of halogens is 1. The summed E-state index contributed by atoms with van der Waals surface area (Å²) < 4.78 is 13.1. The predicted octanol–water partition coefficient (Wildman–Crippen LogP) is 2.82. The molecule has 2 rings (SSSR count). The van der Waals surface area contributed by atoms with Crippen LogP contribution in [0.4, 0.5) is 4.39 Å². The number of rotatable bonds is 3. The summed E-state index contributed by atoms with van der Waals surface area (Å²) in [6.45, 7) is 1.61. The second-order valence-corrected chi connectivity index (χ2v) is 4.57. The van der Waals surface area contributed by atoms with Crippen LogP contribution in [-0.2, 0) is 0 Å². The highest BCUT2D eigenvalue weighted by Crippen LogP contribution is 2.32. The topological polar surface area (TPSA) is 46.0 Å². The van der Waals surface area contributed by atoms with Crippen molar-refractivity contribution in [2.24, 2.45) is 0 Å². The average molecular weight is 250 g/mol. The number of nitrogens with zero attached hydrogens (tertiary/aromatic N) is 2. The Balaban J connectivity index is 2.33. The third kappa shape index (κ3) is 3.01. The molecule has 0 bridgehead atoms. The zero-order valence-electron chi connectivity index (χ0n) is 9.17. The molecule has 3 nitrogen and oxygen atoms in total. The minimum atomic E-state index is -0.713. The van der Waals surface area contributed by atoms with Gasteiger partial charge >= 0.3 is 0 Å². The molecule has 1 aromatic carbocycles. The van der Waals surface area contributed by atoms with Crippen LogP contribution in [0.15, 0.2) is 46.7 Å². The Labute approximate surface area is 103 Å². The van der Waals surface area contributed by atoms with E-state index in [0.29, 0.717) is 5.56 Å². The molecule has 2 aromatic rings. The zero-order valence-corrected chi connectivity index (χ0v) is 9.99. The highest BCUT2D eigenvalue weighted by molar-refractivity contribution is 7.99. The Morgan fingerprint density at radius 2 is 2.18 bits per heavy atom. The van der Waals surface area contributed by atoms with Gasteiger partial charge in [0.15, 0.2) is 0 Å². The molecule has 1 atom stereocenters. The van der Waals surface area contributed by atoms with Crippen LogP contribution in [0, 0.1) is 5.82 Å². The van der Waals surface area contributed by atoms with Crippen LogP contribution in [0.1, 0.15) is 18.6 Å². The Morgan fingerprint density at radius 3 is 2.82 bits per heavy atom. The van der Waals surface area contributed by atoms with Gasteiger partial charge in [0.2, 0.25) is 0 Å².